The highest BCUT2D eigenvalue weighted by Gasteiger charge is 2.09. The Morgan fingerprint density at radius 3 is 2.95 bits per heavy atom. The van der Waals surface area contributed by atoms with Crippen LogP contribution in [0.2, 0.25) is 0 Å². The number of thiazole rings is 1. The van der Waals surface area contributed by atoms with E-state index < -0.39 is 0 Å². The molecule has 0 saturated heterocycles. The first-order valence-electron chi connectivity index (χ1n) is 6.63. The number of carbonyl (C=O) groups is 1. The maximum Gasteiger partial charge on any atom is 0.317 e. The number of aromatic nitrogens is 1. The number of nitrogens with zero attached hydrogens (tertiary/aromatic N) is 2. The maximum atomic E-state index is 11.7. The molecule has 0 aliphatic rings. The Morgan fingerprint density at radius 1 is 1.63 bits per heavy atom. The molecule has 5 nitrogen and oxygen atoms in total. The van der Waals surface area contributed by atoms with Crippen LogP contribution in [0.25, 0.3) is 0 Å². The van der Waals surface area contributed by atoms with Gasteiger partial charge in [-0.1, -0.05) is 6.92 Å². The number of aliphatic hydroxyl groups is 1. The van der Waals surface area contributed by atoms with Crippen molar-refractivity contribution in [1.29, 1.82) is 0 Å². The van der Waals surface area contributed by atoms with Gasteiger partial charge in [-0.25, -0.2) is 9.78 Å². The first kappa shape index (κ1) is 15.9. The molecule has 1 unspecified atom stereocenters. The number of amides is 2. The van der Waals surface area contributed by atoms with E-state index in [-0.39, 0.29) is 12.1 Å². The number of aliphatic hydroxyl groups excluding tert-OH is 1. The van der Waals surface area contributed by atoms with E-state index in [4.69, 9.17) is 5.11 Å². The van der Waals surface area contributed by atoms with E-state index in [1.807, 2.05) is 5.38 Å². The summed E-state index contributed by atoms with van der Waals surface area (Å²) >= 11 is 1.66. The van der Waals surface area contributed by atoms with E-state index >= 15 is 0 Å². The number of hydrogen-bond donors (Lipinski definition) is 2. The SMILES string of the molecule is CCc1nc(CCNC(=O)N(C)CCC(C)O)cs1. The van der Waals surface area contributed by atoms with Crippen molar-refractivity contribution in [2.45, 2.75) is 39.2 Å². The predicted molar refractivity (Wildman–Crippen MR) is 77.5 cm³/mol. The molecular weight excluding hydrogens is 262 g/mol. The molecule has 1 rings (SSSR count). The minimum Gasteiger partial charge on any atom is -0.393 e. The summed E-state index contributed by atoms with van der Waals surface area (Å²) < 4.78 is 0. The molecule has 1 aromatic heterocycles. The van der Waals surface area contributed by atoms with Gasteiger partial charge in [-0.15, -0.1) is 11.3 Å². The van der Waals surface area contributed by atoms with Crippen molar-refractivity contribution in [3.05, 3.63) is 16.1 Å². The van der Waals surface area contributed by atoms with Gasteiger partial charge >= 0.3 is 6.03 Å². The smallest absolute Gasteiger partial charge is 0.317 e. The van der Waals surface area contributed by atoms with Gasteiger partial charge in [0, 0.05) is 31.9 Å². The molecule has 0 saturated carbocycles. The van der Waals surface area contributed by atoms with Crippen molar-refractivity contribution >= 4 is 17.4 Å². The molecule has 2 N–H and O–H groups in total. The van der Waals surface area contributed by atoms with E-state index in [0.29, 0.717) is 19.5 Å². The summed E-state index contributed by atoms with van der Waals surface area (Å²) in [6.45, 7) is 4.95. The third-order valence-corrected chi connectivity index (χ3v) is 3.83. The van der Waals surface area contributed by atoms with Gasteiger partial charge in [-0.2, -0.15) is 0 Å². The third-order valence-electron chi connectivity index (χ3n) is 2.79. The van der Waals surface area contributed by atoms with Crippen LogP contribution in [0.3, 0.4) is 0 Å². The first-order chi connectivity index (χ1) is 9.02. The van der Waals surface area contributed by atoms with E-state index in [0.717, 1.165) is 23.5 Å². The molecule has 1 atom stereocenters. The molecule has 2 amide bonds. The molecule has 1 heterocycles. The van der Waals surface area contributed by atoms with Crippen molar-refractivity contribution in [3.8, 4) is 0 Å². The minimum atomic E-state index is -0.377. The van der Waals surface area contributed by atoms with Gasteiger partial charge in [-0.3, -0.25) is 0 Å². The van der Waals surface area contributed by atoms with E-state index in [1.54, 1.807) is 30.2 Å². The van der Waals surface area contributed by atoms with Crippen LogP contribution in [-0.4, -0.2) is 47.3 Å². The maximum absolute atomic E-state index is 11.7. The molecule has 19 heavy (non-hydrogen) atoms. The fourth-order valence-electron chi connectivity index (χ4n) is 1.54. The minimum absolute atomic E-state index is 0.105. The summed E-state index contributed by atoms with van der Waals surface area (Å²) in [4.78, 5) is 17.8. The van der Waals surface area contributed by atoms with Gasteiger partial charge in [-0.05, 0) is 19.8 Å². The van der Waals surface area contributed by atoms with Gasteiger partial charge in [0.25, 0.3) is 0 Å². The topological polar surface area (TPSA) is 65.5 Å². The Balaban J connectivity index is 2.22. The van der Waals surface area contributed by atoms with Crippen molar-refractivity contribution < 1.29 is 9.90 Å². The Morgan fingerprint density at radius 2 is 2.37 bits per heavy atom. The quantitative estimate of drug-likeness (QED) is 0.801. The lowest BCUT2D eigenvalue weighted by atomic mass is 10.3. The molecule has 0 aromatic carbocycles. The standard InChI is InChI=1S/C13H23N3O2S/c1-4-12-15-11(9-19-12)5-7-14-13(18)16(3)8-6-10(2)17/h9-10,17H,4-8H2,1-3H3,(H,14,18). The van der Waals surface area contributed by atoms with Crippen molar-refractivity contribution in [3.63, 3.8) is 0 Å². The summed E-state index contributed by atoms with van der Waals surface area (Å²) in [7, 11) is 1.73. The Bertz CT molecular complexity index is 393. The zero-order chi connectivity index (χ0) is 14.3. The number of nitrogens with one attached hydrogen (secondary N) is 1. The van der Waals surface area contributed by atoms with Crippen LogP contribution >= 0.6 is 11.3 Å². The molecule has 0 radical (unpaired) electrons. The molecule has 6 heteroatoms. The van der Waals surface area contributed by atoms with Crippen LogP contribution in [0.4, 0.5) is 4.79 Å². The molecule has 0 spiro atoms. The van der Waals surface area contributed by atoms with Crippen LogP contribution in [0, 0.1) is 0 Å². The predicted octanol–water partition coefficient (Wildman–Crippen LogP) is 1.66. The zero-order valence-electron chi connectivity index (χ0n) is 11.8. The summed E-state index contributed by atoms with van der Waals surface area (Å²) in [6, 6.07) is -0.105. The molecule has 0 aliphatic heterocycles. The van der Waals surface area contributed by atoms with Gasteiger partial charge in [0.1, 0.15) is 0 Å². The molecule has 108 valence electrons. The zero-order valence-corrected chi connectivity index (χ0v) is 12.7. The molecule has 0 bridgehead atoms. The average molecular weight is 285 g/mol. The highest BCUT2D eigenvalue weighted by atomic mass is 32.1. The number of rotatable bonds is 7. The third kappa shape index (κ3) is 6.02. The number of hydrogen-bond acceptors (Lipinski definition) is 4. The van der Waals surface area contributed by atoms with Crippen LogP contribution in [0.1, 0.15) is 31.0 Å². The highest BCUT2D eigenvalue weighted by Crippen LogP contribution is 2.10. The summed E-state index contributed by atoms with van der Waals surface area (Å²) in [5, 5.41) is 15.2. The number of urea groups is 1. The summed E-state index contributed by atoms with van der Waals surface area (Å²) in [5.74, 6) is 0. The second-order valence-electron chi connectivity index (χ2n) is 4.63. The van der Waals surface area contributed by atoms with Crippen LogP contribution in [-0.2, 0) is 12.8 Å². The lowest BCUT2D eigenvalue weighted by molar-refractivity contribution is 0.163. The largest absolute Gasteiger partial charge is 0.393 e. The van der Waals surface area contributed by atoms with Gasteiger partial charge < -0.3 is 15.3 Å². The lowest BCUT2D eigenvalue weighted by Gasteiger charge is -2.18. The first-order valence-corrected chi connectivity index (χ1v) is 7.51. The average Bonchev–Trinajstić information content (AvgIpc) is 2.83. The van der Waals surface area contributed by atoms with Crippen LogP contribution in [0.5, 0.6) is 0 Å². The van der Waals surface area contributed by atoms with Crippen molar-refractivity contribution in [1.82, 2.24) is 15.2 Å². The van der Waals surface area contributed by atoms with Gasteiger partial charge in [0.2, 0.25) is 0 Å². The lowest BCUT2D eigenvalue weighted by Crippen LogP contribution is -2.39. The number of aryl methyl sites for hydroxylation is 1. The van der Waals surface area contributed by atoms with Crippen molar-refractivity contribution in [2.24, 2.45) is 0 Å². The van der Waals surface area contributed by atoms with Gasteiger partial charge in [0.15, 0.2) is 0 Å². The van der Waals surface area contributed by atoms with Crippen LogP contribution in [0.15, 0.2) is 5.38 Å². The summed E-state index contributed by atoms with van der Waals surface area (Å²) in [5.41, 5.74) is 1.04. The Labute approximate surface area is 118 Å². The van der Waals surface area contributed by atoms with Crippen LogP contribution < -0.4 is 5.32 Å². The number of carbonyl (C=O) groups excluding carboxylic acids is 1. The second-order valence-corrected chi connectivity index (χ2v) is 5.57. The Kier molecular flexibility index (Phi) is 6.80. The monoisotopic (exact) mass is 285 g/mol. The van der Waals surface area contributed by atoms with E-state index in [2.05, 4.69) is 17.2 Å². The van der Waals surface area contributed by atoms with E-state index in [1.165, 1.54) is 0 Å². The van der Waals surface area contributed by atoms with Crippen molar-refractivity contribution in [2.75, 3.05) is 20.1 Å². The fourth-order valence-corrected chi connectivity index (χ4v) is 2.32. The Hall–Kier alpha value is -1.14. The molecule has 1 aromatic rings. The summed E-state index contributed by atoms with van der Waals surface area (Å²) in [6.07, 6.45) is 1.93. The second kappa shape index (κ2) is 8.12. The fraction of sp³-hybridized carbons (Fsp3) is 0.692. The highest BCUT2D eigenvalue weighted by molar-refractivity contribution is 7.09. The molecule has 0 aliphatic carbocycles. The molecular formula is C13H23N3O2S. The van der Waals surface area contributed by atoms with E-state index in [9.17, 15) is 4.79 Å². The van der Waals surface area contributed by atoms with Gasteiger partial charge in [0.05, 0.1) is 16.8 Å². The normalized spacial score (nSPS) is 12.2. The molecule has 0 fully saturated rings.